The number of hydrogen-bond donors (Lipinski definition) is 1. The number of amides is 1. The second kappa shape index (κ2) is 5.06. The van der Waals surface area contributed by atoms with Gasteiger partial charge in [-0.15, -0.1) is 0 Å². The van der Waals surface area contributed by atoms with Gasteiger partial charge in [-0.05, 0) is 18.2 Å². The first kappa shape index (κ1) is 12.4. The Hall–Kier alpha value is -1.07. The second-order valence-electron chi connectivity index (χ2n) is 3.88. The molecule has 1 saturated heterocycles. The topological polar surface area (TPSA) is 63.4 Å². The normalized spacial score (nSPS) is 17.1. The van der Waals surface area contributed by atoms with Gasteiger partial charge in [-0.2, -0.15) is 0 Å². The van der Waals surface area contributed by atoms with E-state index in [1.165, 1.54) is 0 Å². The van der Waals surface area contributed by atoms with Gasteiger partial charge in [0.1, 0.15) is 0 Å². The largest absolute Gasteiger partial charge is 0.399 e. The summed E-state index contributed by atoms with van der Waals surface area (Å²) in [5.41, 5.74) is 6.56. The van der Waals surface area contributed by atoms with Gasteiger partial charge in [-0.3, -0.25) is 9.00 Å². The predicted molar refractivity (Wildman–Crippen MR) is 69.6 cm³/mol. The standard InChI is InChI=1S/C11H13ClN2O2S/c12-10-7-8(13)1-2-9(10)11(15)14-3-5-17(16)6-4-14/h1-2,7H,3-6,13H2. The number of benzene rings is 1. The van der Waals surface area contributed by atoms with Crippen molar-refractivity contribution in [3.05, 3.63) is 28.8 Å². The van der Waals surface area contributed by atoms with Crippen LogP contribution in [0, 0.1) is 0 Å². The van der Waals surface area contributed by atoms with Gasteiger partial charge >= 0.3 is 0 Å². The van der Waals surface area contributed by atoms with Crippen molar-refractivity contribution in [2.24, 2.45) is 0 Å². The van der Waals surface area contributed by atoms with Crippen LogP contribution in [0.4, 0.5) is 5.69 Å². The highest BCUT2D eigenvalue weighted by Gasteiger charge is 2.22. The fourth-order valence-corrected chi connectivity index (χ4v) is 3.04. The number of hydrogen-bond acceptors (Lipinski definition) is 3. The van der Waals surface area contributed by atoms with Crippen molar-refractivity contribution in [2.75, 3.05) is 30.3 Å². The van der Waals surface area contributed by atoms with E-state index < -0.39 is 10.8 Å². The van der Waals surface area contributed by atoms with Gasteiger partial charge in [0.05, 0.1) is 10.6 Å². The number of halogens is 1. The van der Waals surface area contributed by atoms with Gasteiger partial charge in [-0.1, -0.05) is 11.6 Å². The van der Waals surface area contributed by atoms with Crippen LogP contribution in [0.25, 0.3) is 0 Å². The van der Waals surface area contributed by atoms with Gasteiger partial charge in [0.2, 0.25) is 0 Å². The number of anilines is 1. The van der Waals surface area contributed by atoms with Gasteiger partial charge in [0.25, 0.3) is 5.91 Å². The van der Waals surface area contributed by atoms with E-state index in [0.29, 0.717) is 40.9 Å². The third-order valence-electron chi connectivity index (χ3n) is 2.69. The van der Waals surface area contributed by atoms with Crippen LogP contribution in [0.3, 0.4) is 0 Å². The van der Waals surface area contributed by atoms with Gasteiger partial charge in [0, 0.05) is 41.1 Å². The summed E-state index contributed by atoms with van der Waals surface area (Å²) in [7, 11) is -0.790. The summed E-state index contributed by atoms with van der Waals surface area (Å²) in [4.78, 5) is 13.8. The molecule has 0 saturated carbocycles. The molecule has 0 aliphatic carbocycles. The van der Waals surface area contributed by atoms with E-state index in [2.05, 4.69) is 0 Å². The lowest BCUT2D eigenvalue weighted by atomic mass is 10.2. The zero-order valence-corrected chi connectivity index (χ0v) is 10.8. The van der Waals surface area contributed by atoms with E-state index in [0.717, 1.165) is 0 Å². The molecule has 1 heterocycles. The molecule has 0 radical (unpaired) electrons. The minimum atomic E-state index is -0.790. The van der Waals surface area contributed by atoms with Crippen LogP contribution in [0.15, 0.2) is 18.2 Å². The second-order valence-corrected chi connectivity index (χ2v) is 5.98. The minimum Gasteiger partial charge on any atom is -0.399 e. The molecule has 1 aromatic rings. The first-order valence-corrected chi connectivity index (χ1v) is 7.14. The zero-order valence-electron chi connectivity index (χ0n) is 9.19. The first-order chi connectivity index (χ1) is 8.08. The molecule has 2 N–H and O–H groups in total. The van der Waals surface area contributed by atoms with Crippen molar-refractivity contribution >= 4 is 34.0 Å². The Kier molecular flexibility index (Phi) is 3.69. The molecule has 4 nitrogen and oxygen atoms in total. The number of nitrogens with two attached hydrogens (primary N) is 1. The maximum Gasteiger partial charge on any atom is 0.255 e. The quantitative estimate of drug-likeness (QED) is 0.780. The summed E-state index contributed by atoms with van der Waals surface area (Å²) >= 11 is 5.98. The van der Waals surface area contributed by atoms with Crippen LogP contribution in [0.1, 0.15) is 10.4 Å². The Morgan fingerprint density at radius 3 is 2.59 bits per heavy atom. The van der Waals surface area contributed by atoms with Gasteiger partial charge < -0.3 is 10.6 Å². The summed E-state index contributed by atoms with van der Waals surface area (Å²) in [6.07, 6.45) is 0. The number of rotatable bonds is 1. The van der Waals surface area contributed by atoms with Crippen LogP contribution >= 0.6 is 11.6 Å². The van der Waals surface area contributed by atoms with E-state index in [1.807, 2.05) is 0 Å². The van der Waals surface area contributed by atoms with E-state index in [9.17, 15) is 9.00 Å². The van der Waals surface area contributed by atoms with Crippen molar-refractivity contribution < 1.29 is 9.00 Å². The first-order valence-electron chi connectivity index (χ1n) is 5.27. The fraction of sp³-hybridized carbons (Fsp3) is 0.364. The van der Waals surface area contributed by atoms with E-state index in [1.54, 1.807) is 23.1 Å². The number of carbonyl (C=O) groups is 1. The Bertz CT molecular complexity index is 469. The smallest absolute Gasteiger partial charge is 0.255 e. The van der Waals surface area contributed by atoms with Crippen LogP contribution in [0.5, 0.6) is 0 Å². The molecule has 1 amide bonds. The maximum atomic E-state index is 12.1. The Morgan fingerprint density at radius 1 is 1.35 bits per heavy atom. The molecule has 6 heteroatoms. The molecule has 1 aromatic carbocycles. The van der Waals surface area contributed by atoms with Crippen LogP contribution in [-0.2, 0) is 10.8 Å². The lowest BCUT2D eigenvalue weighted by Gasteiger charge is -2.26. The summed E-state index contributed by atoms with van der Waals surface area (Å²) in [6.45, 7) is 1.04. The highest BCUT2D eigenvalue weighted by atomic mass is 35.5. The Morgan fingerprint density at radius 2 is 2.00 bits per heavy atom. The molecule has 0 aromatic heterocycles. The molecule has 0 atom stereocenters. The minimum absolute atomic E-state index is 0.119. The van der Waals surface area contributed by atoms with Gasteiger partial charge in [0.15, 0.2) is 0 Å². The fourth-order valence-electron chi connectivity index (χ4n) is 1.72. The van der Waals surface area contributed by atoms with Crippen molar-refractivity contribution in [1.29, 1.82) is 0 Å². The Balaban J connectivity index is 2.16. The van der Waals surface area contributed by atoms with Crippen molar-refractivity contribution in [3.63, 3.8) is 0 Å². The lowest BCUT2D eigenvalue weighted by Crippen LogP contribution is -2.41. The molecule has 92 valence electrons. The van der Waals surface area contributed by atoms with Crippen LogP contribution in [-0.4, -0.2) is 39.6 Å². The maximum absolute atomic E-state index is 12.1. The Labute approximate surface area is 107 Å². The van der Waals surface area contributed by atoms with E-state index in [-0.39, 0.29) is 5.91 Å². The third-order valence-corrected chi connectivity index (χ3v) is 4.28. The molecule has 1 aliphatic rings. The molecule has 1 fully saturated rings. The summed E-state index contributed by atoms with van der Waals surface area (Å²) in [5.74, 6) is 0.961. The average Bonchev–Trinajstić information content (AvgIpc) is 2.29. The average molecular weight is 273 g/mol. The van der Waals surface area contributed by atoms with Gasteiger partial charge in [-0.25, -0.2) is 0 Å². The summed E-state index contributed by atoms with van der Waals surface area (Å²) in [6, 6.07) is 4.85. The SMILES string of the molecule is Nc1ccc(C(=O)N2CCS(=O)CC2)c(Cl)c1. The third kappa shape index (κ3) is 2.79. The zero-order chi connectivity index (χ0) is 12.4. The monoisotopic (exact) mass is 272 g/mol. The number of nitrogen functional groups attached to an aromatic ring is 1. The molecule has 0 spiro atoms. The van der Waals surface area contributed by atoms with Crippen molar-refractivity contribution in [3.8, 4) is 0 Å². The molecule has 0 unspecified atom stereocenters. The van der Waals surface area contributed by atoms with Crippen molar-refractivity contribution in [2.45, 2.75) is 0 Å². The number of carbonyl (C=O) groups excluding carboxylic acids is 1. The molecule has 0 bridgehead atoms. The summed E-state index contributed by atoms with van der Waals surface area (Å²) < 4.78 is 11.2. The lowest BCUT2D eigenvalue weighted by molar-refractivity contribution is 0.0771. The van der Waals surface area contributed by atoms with Crippen molar-refractivity contribution in [1.82, 2.24) is 4.90 Å². The van der Waals surface area contributed by atoms with E-state index >= 15 is 0 Å². The highest BCUT2D eigenvalue weighted by Crippen LogP contribution is 2.21. The molecule has 1 aliphatic heterocycles. The molecular weight excluding hydrogens is 260 g/mol. The molecular formula is C11H13ClN2O2S. The highest BCUT2D eigenvalue weighted by molar-refractivity contribution is 7.85. The molecule has 17 heavy (non-hydrogen) atoms. The summed E-state index contributed by atoms with van der Waals surface area (Å²) in [5, 5.41) is 0.363. The van der Waals surface area contributed by atoms with E-state index in [4.69, 9.17) is 17.3 Å². The van der Waals surface area contributed by atoms with Crippen LogP contribution in [0.2, 0.25) is 5.02 Å². The number of nitrogens with zero attached hydrogens (tertiary/aromatic N) is 1. The predicted octanol–water partition coefficient (Wildman–Crippen LogP) is 1.13. The van der Waals surface area contributed by atoms with Crippen LogP contribution < -0.4 is 5.73 Å². The molecule has 2 rings (SSSR count).